The van der Waals surface area contributed by atoms with Crippen molar-refractivity contribution in [2.24, 2.45) is 5.92 Å². The van der Waals surface area contributed by atoms with Crippen molar-refractivity contribution in [3.05, 3.63) is 77.5 Å². The van der Waals surface area contributed by atoms with E-state index in [1.165, 1.54) is 22.0 Å². The highest BCUT2D eigenvalue weighted by Gasteiger charge is 2.40. The van der Waals surface area contributed by atoms with Crippen LogP contribution in [-0.2, 0) is 0 Å². The van der Waals surface area contributed by atoms with E-state index in [0.29, 0.717) is 11.8 Å². The van der Waals surface area contributed by atoms with Gasteiger partial charge in [-0.25, -0.2) is 0 Å². The van der Waals surface area contributed by atoms with Crippen molar-refractivity contribution in [1.82, 2.24) is 9.88 Å². The molecule has 3 heterocycles. The Balaban J connectivity index is 1.47. The molecule has 4 nitrogen and oxygen atoms in total. The van der Waals surface area contributed by atoms with E-state index in [9.17, 15) is 4.79 Å². The average Bonchev–Trinajstić information content (AvgIpc) is 3.53. The molecule has 146 valence electrons. The summed E-state index contributed by atoms with van der Waals surface area (Å²) in [6.45, 7) is 1.75. The second kappa shape index (κ2) is 6.51. The van der Waals surface area contributed by atoms with Crippen LogP contribution in [-0.4, -0.2) is 28.9 Å². The first kappa shape index (κ1) is 16.9. The Morgan fingerprint density at radius 2 is 1.86 bits per heavy atom. The Morgan fingerprint density at radius 3 is 2.76 bits per heavy atom. The normalized spacial score (nSPS) is 25.1. The number of carbonyl (C=O) groups excluding carboxylic acids is 1. The number of anilines is 1. The van der Waals surface area contributed by atoms with Gasteiger partial charge in [-0.3, -0.25) is 4.79 Å². The van der Waals surface area contributed by atoms with E-state index in [4.69, 9.17) is 0 Å². The van der Waals surface area contributed by atoms with Gasteiger partial charge in [-0.15, -0.1) is 0 Å². The summed E-state index contributed by atoms with van der Waals surface area (Å²) in [6, 6.07) is 14.9. The Bertz CT molecular complexity index is 1120. The first-order chi connectivity index (χ1) is 14.3. The van der Waals surface area contributed by atoms with Crippen LogP contribution in [0.4, 0.5) is 5.69 Å². The number of hydrogen-bond acceptors (Lipinski definition) is 2. The van der Waals surface area contributed by atoms with Crippen molar-refractivity contribution >= 4 is 22.5 Å². The van der Waals surface area contributed by atoms with Gasteiger partial charge >= 0.3 is 0 Å². The third kappa shape index (κ3) is 2.55. The highest BCUT2D eigenvalue weighted by Crippen LogP contribution is 2.51. The highest BCUT2D eigenvalue weighted by molar-refractivity contribution is 6.01. The topological polar surface area (TPSA) is 48.1 Å². The van der Waals surface area contributed by atoms with Crippen LogP contribution in [0.5, 0.6) is 0 Å². The summed E-state index contributed by atoms with van der Waals surface area (Å²) in [5.74, 6) is 1.00. The van der Waals surface area contributed by atoms with E-state index in [1.54, 1.807) is 0 Å². The molecule has 3 atom stereocenters. The lowest BCUT2D eigenvalue weighted by atomic mass is 9.76. The van der Waals surface area contributed by atoms with Gasteiger partial charge in [0.1, 0.15) is 0 Å². The smallest absolute Gasteiger partial charge is 0.255 e. The number of nitrogens with zero attached hydrogens (tertiary/aromatic N) is 1. The third-order valence-electron chi connectivity index (χ3n) is 6.98. The number of rotatable bonds is 2. The maximum absolute atomic E-state index is 13.3. The predicted molar refractivity (Wildman–Crippen MR) is 116 cm³/mol. The molecule has 1 aromatic heterocycles. The molecule has 1 aliphatic carbocycles. The molecule has 4 heteroatoms. The minimum atomic E-state index is 0.171. The van der Waals surface area contributed by atoms with Crippen molar-refractivity contribution in [3.8, 4) is 0 Å². The van der Waals surface area contributed by atoms with Gasteiger partial charge in [0, 0.05) is 36.1 Å². The van der Waals surface area contributed by atoms with Crippen LogP contribution in [0, 0.1) is 5.92 Å². The SMILES string of the molecule is O=C(c1cccc2c1NC(c1c[nH]c3ccccc13)C1CC=CC21)N1CCCC1. The van der Waals surface area contributed by atoms with Crippen molar-refractivity contribution in [1.29, 1.82) is 0 Å². The molecular weight excluding hydrogens is 358 g/mol. The molecule has 0 radical (unpaired) electrons. The molecule has 3 aromatic rings. The second-order valence-corrected chi connectivity index (χ2v) is 8.53. The van der Waals surface area contributed by atoms with Gasteiger partial charge in [0.2, 0.25) is 0 Å². The van der Waals surface area contributed by atoms with Crippen LogP contribution >= 0.6 is 0 Å². The van der Waals surface area contributed by atoms with Gasteiger partial charge < -0.3 is 15.2 Å². The van der Waals surface area contributed by atoms with Crippen molar-refractivity contribution in [2.75, 3.05) is 18.4 Å². The summed E-state index contributed by atoms with van der Waals surface area (Å²) >= 11 is 0. The maximum Gasteiger partial charge on any atom is 0.255 e. The molecule has 1 fully saturated rings. The fourth-order valence-corrected chi connectivity index (χ4v) is 5.55. The highest BCUT2D eigenvalue weighted by atomic mass is 16.2. The summed E-state index contributed by atoms with van der Waals surface area (Å²) in [5.41, 5.74) is 5.60. The van der Waals surface area contributed by atoms with Crippen LogP contribution in [0.2, 0.25) is 0 Å². The number of amides is 1. The number of benzene rings is 2. The van der Waals surface area contributed by atoms with Gasteiger partial charge in [-0.1, -0.05) is 42.5 Å². The Hall–Kier alpha value is -3.01. The van der Waals surface area contributed by atoms with E-state index in [2.05, 4.69) is 65.0 Å². The van der Waals surface area contributed by atoms with Crippen LogP contribution in [0.15, 0.2) is 60.8 Å². The standard InChI is InChI=1S/C25H25N3O/c29-25(28-13-3-4-14-28)20-11-6-10-18-16-8-5-9-19(16)24(27-23(18)20)21-15-26-22-12-2-1-7-17(21)22/h1-2,5-8,10-12,15-16,19,24,26-27H,3-4,9,13-14H2. The summed E-state index contributed by atoms with van der Waals surface area (Å²) in [4.78, 5) is 18.7. The number of aromatic nitrogens is 1. The van der Waals surface area contributed by atoms with E-state index in [1.807, 2.05) is 11.0 Å². The Labute approximate surface area is 170 Å². The first-order valence-electron chi connectivity index (χ1n) is 10.7. The van der Waals surface area contributed by atoms with E-state index < -0.39 is 0 Å². The third-order valence-corrected chi connectivity index (χ3v) is 6.98. The Kier molecular flexibility index (Phi) is 3.80. The molecule has 2 N–H and O–H groups in total. The van der Waals surface area contributed by atoms with Gasteiger partial charge in [-0.2, -0.15) is 0 Å². The predicted octanol–water partition coefficient (Wildman–Crippen LogP) is 5.23. The number of allylic oxidation sites excluding steroid dienone is 2. The van der Waals surface area contributed by atoms with E-state index in [0.717, 1.165) is 43.6 Å². The number of aromatic amines is 1. The average molecular weight is 383 g/mol. The van der Waals surface area contributed by atoms with Crippen molar-refractivity contribution < 1.29 is 4.79 Å². The fourth-order valence-electron chi connectivity index (χ4n) is 5.55. The minimum Gasteiger partial charge on any atom is -0.377 e. The summed E-state index contributed by atoms with van der Waals surface area (Å²) in [5, 5.41) is 5.09. The minimum absolute atomic E-state index is 0.171. The van der Waals surface area contributed by atoms with Gasteiger partial charge in [-0.05, 0) is 48.4 Å². The van der Waals surface area contributed by atoms with E-state index >= 15 is 0 Å². The fraction of sp³-hybridized carbons (Fsp3) is 0.320. The molecule has 0 bridgehead atoms. The van der Waals surface area contributed by atoms with Crippen LogP contribution in [0.25, 0.3) is 10.9 Å². The lowest BCUT2D eigenvalue weighted by Crippen LogP contribution is -2.33. The monoisotopic (exact) mass is 383 g/mol. The zero-order valence-corrected chi connectivity index (χ0v) is 16.4. The molecule has 3 aliphatic rings. The number of para-hydroxylation sites is 2. The van der Waals surface area contributed by atoms with Crippen molar-refractivity contribution in [2.45, 2.75) is 31.2 Å². The summed E-state index contributed by atoms with van der Waals surface area (Å²) < 4.78 is 0. The number of likely N-dealkylation sites (tertiary alicyclic amines) is 1. The zero-order valence-electron chi connectivity index (χ0n) is 16.4. The molecule has 1 saturated heterocycles. The molecule has 3 unspecified atom stereocenters. The van der Waals surface area contributed by atoms with Crippen LogP contribution in [0.3, 0.4) is 0 Å². The lowest BCUT2D eigenvalue weighted by molar-refractivity contribution is 0.0793. The molecular formula is C25H25N3O. The van der Waals surface area contributed by atoms with Crippen molar-refractivity contribution in [3.63, 3.8) is 0 Å². The van der Waals surface area contributed by atoms with Crippen LogP contribution < -0.4 is 5.32 Å². The summed E-state index contributed by atoms with van der Waals surface area (Å²) in [7, 11) is 0. The first-order valence-corrected chi connectivity index (χ1v) is 10.7. The number of H-pyrrole nitrogens is 1. The largest absolute Gasteiger partial charge is 0.377 e. The number of hydrogen-bond donors (Lipinski definition) is 2. The molecule has 1 amide bonds. The number of nitrogens with one attached hydrogen (secondary N) is 2. The zero-order chi connectivity index (χ0) is 19.4. The molecule has 6 rings (SSSR count). The Morgan fingerprint density at radius 1 is 1.00 bits per heavy atom. The van der Waals surface area contributed by atoms with Gasteiger partial charge in [0.15, 0.2) is 0 Å². The van der Waals surface area contributed by atoms with Gasteiger partial charge in [0.25, 0.3) is 5.91 Å². The van der Waals surface area contributed by atoms with Crippen LogP contribution in [0.1, 0.15) is 52.7 Å². The molecule has 29 heavy (non-hydrogen) atoms. The second-order valence-electron chi connectivity index (χ2n) is 8.53. The summed E-state index contributed by atoms with van der Waals surface area (Å²) in [6.07, 6.45) is 10.1. The maximum atomic E-state index is 13.3. The quantitative estimate of drug-likeness (QED) is 0.595. The lowest BCUT2D eigenvalue weighted by Gasteiger charge is -2.38. The van der Waals surface area contributed by atoms with Gasteiger partial charge in [0.05, 0.1) is 17.3 Å². The van der Waals surface area contributed by atoms with E-state index in [-0.39, 0.29) is 11.9 Å². The molecule has 0 spiro atoms. The molecule has 0 saturated carbocycles. The molecule has 2 aliphatic heterocycles. The number of carbonyl (C=O) groups is 1. The number of fused-ring (bicyclic) bond motifs is 4. The molecule has 2 aromatic carbocycles.